The summed E-state index contributed by atoms with van der Waals surface area (Å²) in [6.07, 6.45) is 2.79. The molecule has 0 saturated carbocycles. The molecule has 0 atom stereocenters. The Labute approximate surface area is 68.6 Å². The molecule has 0 aromatic carbocycles. The fourth-order valence-corrected chi connectivity index (χ4v) is 0.994. The van der Waals surface area contributed by atoms with Gasteiger partial charge < -0.3 is 17.2 Å². The number of hydrogen-bond donors (Lipinski definition) is 3. The Morgan fingerprint density at radius 2 is 1.91 bits per heavy atom. The molecule has 0 radical (unpaired) electrons. The summed E-state index contributed by atoms with van der Waals surface area (Å²) in [5.41, 5.74) is 18.4. The second kappa shape index (κ2) is 5.16. The van der Waals surface area contributed by atoms with Crippen molar-refractivity contribution in [3.63, 3.8) is 0 Å². The summed E-state index contributed by atoms with van der Waals surface area (Å²) >= 11 is 0. The van der Waals surface area contributed by atoms with Gasteiger partial charge in [-0.1, -0.05) is 13.3 Å². The Morgan fingerprint density at radius 1 is 1.36 bits per heavy atom. The minimum Gasteiger partial charge on any atom is -0.402 e. The average Bonchev–Trinajstić information content (AvgIpc) is 1.87. The molecule has 11 heavy (non-hydrogen) atoms. The maximum atomic E-state index is 5.60. The van der Waals surface area contributed by atoms with E-state index in [0.717, 1.165) is 30.5 Å². The van der Waals surface area contributed by atoms with Gasteiger partial charge in [0.15, 0.2) is 0 Å². The number of hydrogen-bond acceptors (Lipinski definition) is 3. The second-order valence-corrected chi connectivity index (χ2v) is 2.84. The molecule has 0 saturated heterocycles. The van der Waals surface area contributed by atoms with Crippen LogP contribution in [-0.4, -0.2) is 6.17 Å². The minimum atomic E-state index is -0.383. The van der Waals surface area contributed by atoms with Crippen LogP contribution in [0.4, 0.5) is 0 Å². The largest absolute Gasteiger partial charge is 0.402 e. The van der Waals surface area contributed by atoms with Gasteiger partial charge in [0.1, 0.15) is 0 Å². The normalized spacial score (nSPS) is 13.5. The molecular weight excluding hydrogens is 138 g/mol. The average molecular weight is 157 g/mol. The van der Waals surface area contributed by atoms with E-state index in [1.807, 2.05) is 6.92 Å². The smallest absolute Gasteiger partial charge is 0.0763 e. The summed E-state index contributed by atoms with van der Waals surface area (Å²) in [5.74, 6) is 0. The van der Waals surface area contributed by atoms with Crippen LogP contribution in [-0.2, 0) is 0 Å². The first kappa shape index (κ1) is 10.5. The zero-order valence-electron chi connectivity index (χ0n) is 7.43. The van der Waals surface area contributed by atoms with Gasteiger partial charge in [-0.05, 0) is 25.3 Å². The number of rotatable bonds is 4. The van der Waals surface area contributed by atoms with E-state index < -0.39 is 0 Å². The summed E-state index contributed by atoms with van der Waals surface area (Å²) < 4.78 is 0. The Morgan fingerprint density at radius 3 is 2.18 bits per heavy atom. The Balaban J connectivity index is 4.03. The summed E-state index contributed by atoms with van der Waals surface area (Å²) in [6, 6.07) is 0. The van der Waals surface area contributed by atoms with Gasteiger partial charge in [0.2, 0.25) is 0 Å². The van der Waals surface area contributed by atoms with Gasteiger partial charge in [-0.25, -0.2) is 0 Å². The summed E-state index contributed by atoms with van der Waals surface area (Å²) in [5, 5.41) is 0. The van der Waals surface area contributed by atoms with Gasteiger partial charge >= 0.3 is 0 Å². The van der Waals surface area contributed by atoms with E-state index in [2.05, 4.69) is 6.92 Å². The summed E-state index contributed by atoms with van der Waals surface area (Å²) in [4.78, 5) is 0. The van der Waals surface area contributed by atoms with Crippen LogP contribution < -0.4 is 17.2 Å². The standard InChI is InChI=1S/C8H19N3/c1-3-4-5-7(6(2)9)8(10)11/h8H,3-5,9-11H2,1-2H3/b7-6-. The highest BCUT2D eigenvalue weighted by molar-refractivity contribution is 5.13. The SMILES string of the molecule is CCCC/C(=C(\C)N)C(N)N. The van der Waals surface area contributed by atoms with Crippen LogP contribution in [0.3, 0.4) is 0 Å². The van der Waals surface area contributed by atoms with Crippen molar-refractivity contribution in [2.75, 3.05) is 0 Å². The lowest BCUT2D eigenvalue weighted by Crippen LogP contribution is -2.34. The topological polar surface area (TPSA) is 78.1 Å². The van der Waals surface area contributed by atoms with E-state index in [4.69, 9.17) is 17.2 Å². The zero-order valence-corrected chi connectivity index (χ0v) is 7.43. The van der Waals surface area contributed by atoms with E-state index in [-0.39, 0.29) is 6.17 Å². The first-order valence-electron chi connectivity index (χ1n) is 4.05. The first-order chi connectivity index (χ1) is 5.09. The molecule has 0 aliphatic carbocycles. The third kappa shape index (κ3) is 4.01. The van der Waals surface area contributed by atoms with Crippen molar-refractivity contribution >= 4 is 0 Å². The maximum Gasteiger partial charge on any atom is 0.0763 e. The molecule has 0 fully saturated rings. The molecule has 0 rings (SSSR count). The fourth-order valence-electron chi connectivity index (χ4n) is 0.994. The van der Waals surface area contributed by atoms with E-state index in [9.17, 15) is 0 Å². The number of nitrogens with two attached hydrogens (primary N) is 3. The molecule has 0 aromatic heterocycles. The van der Waals surface area contributed by atoms with Gasteiger partial charge in [0, 0.05) is 5.70 Å². The second-order valence-electron chi connectivity index (χ2n) is 2.84. The molecule has 0 bridgehead atoms. The first-order valence-corrected chi connectivity index (χ1v) is 4.05. The van der Waals surface area contributed by atoms with Gasteiger partial charge in [-0.2, -0.15) is 0 Å². The van der Waals surface area contributed by atoms with E-state index in [1.54, 1.807) is 0 Å². The van der Waals surface area contributed by atoms with Crippen LogP contribution in [0.15, 0.2) is 11.3 Å². The third-order valence-electron chi connectivity index (χ3n) is 1.71. The zero-order chi connectivity index (χ0) is 8.85. The van der Waals surface area contributed by atoms with Crippen molar-refractivity contribution in [1.29, 1.82) is 0 Å². The van der Waals surface area contributed by atoms with E-state index in [0.29, 0.717) is 0 Å². The molecule has 6 N–H and O–H groups in total. The molecule has 0 unspecified atom stereocenters. The minimum absolute atomic E-state index is 0.383. The van der Waals surface area contributed by atoms with Crippen molar-refractivity contribution in [3.8, 4) is 0 Å². The molecule has 0 aliphatic rings. The van der Waals surface area contributed by atoms with Crippen LogP contribution in [0.25, 0.3) is 0 Å². The predicted octanol–water partition coefficient (Wildman–Crippen LogP) is 0.653. The van der Waals surface area contributed by atoms with Gasteiger partial charge in [0.25, 0.3) is 0 Å². The van der Waals surface area contributed by atoms with Crippen molar-refractivity contribution in [1.82, 2.24) is 0 Å². The molecular formula is C8H19N3. The maximum absolute atomic E-state index is 5.60. The highest BCUT2D eigenvalue weighted by atomic mass is 14.9. The third-order valence-corrected chi connectivity index (χ3v) is 1.71. The van der Waals surface area contributed by atoms with Gasteiger partial charge in [-0.3, -0.25) is 0 Å². The van der Waals surface area contributed by atoms with Crippen LogP contribution in [0.1, 0.15) is 33.1 Å². The number of unbranched alkanes of at least 4 members (excludes halogenated alkanes) is 1. The van der Waals surface area contributed by atoms with Crippen molar-refractivity contribution in [2.24, 2.45) is 17.2 Å². The van der Waals surface area contributed by atoms with E-state index >= 15 is 0 Å². The van der Waals surface area contributed by atoms with Gasteiger partial charge in [-0.15, -0.1) is 0 Å². The molecule has 3 heteroatoms. The van der Waals surface area contributed by atoms with E-state index in [1.165, 1.54) is 0 Å². The Bertz CT molecular complexity index is 134. The molecule has 0 aromatic rings. The molecule has 3 nitrogen and oxygen atoms in total. The van der Waals surface area contributed by atoms with Crippen LogP contribution in [0, 0.1) is 0 Å². The molecule has 0 spiro atoms. The molecule has 66 valence electrons. The quantitative estimate of drug-likeness (QED) is 0.524. The summed E-state index contributed by atoms with van der Waals surface area (Å²) in [6.45, 7) is 3.98. The van der Waals surface area contributed by atoms with Crippen LogP contribution in [0.5, 0.6) is 0 Å². The van der Waals surface area contributed by atoms with Crippen LogP contribution in [0.2, 0.25) is 0 Å². The highest BCUT2D eigenvalue weighted by Crippen LogP contribution is 2.10. The molecule has 0 heterocycles. The summed E-state index contributed by atoms with van der Waals surface area (Å²) in [7, 11) is 0. The molecule has 0 amide bonds. The Hall–Kier alpha value is -0.540. The predicted molar refractivity (Wildman–Crippen MR) is 48.6 cm³/mol. The van der Waals surface area contributed by atoms with Gasteiger partial charge in [0.05, 0.1) is 6.17 Å². The lowest BCUT2D eigenvalue weighted by molar-refractivity contribution is 0.693. The monoisotopic (exact) mass is 157 g/mol. The highest BCUT2D eigenvalue weighted by Gasteiger charge is 2.04. The van der Waals surface area contributed by atoms with Crippen molar-refractivity contribution < 1.29 is 0 Å². The van der Waals surface area contributed by atoms with Crippen LogP contribution >= 0.6 is 0 Å². The van der Waals surface area contributed by atoms with Crippen molar-refractivity contribution in [2.45, 2.75) is 39.3 Å². The van der Waals surface area contributed by atoms with Crippen molar-refractivity contribution in [3.05, 3.63) is 11.3 Å². The fraction of sp³-hybridized carbons (Fsp3) is 0.750. The molecule has 0 aliphatic heterocycles. The Kier molecular flexibility index (Phi) is 4.90. The lowest BCUT2D eigenvalue weighted by atomic mass is 10.1. The lowest BCUT2D eigenvalue weighted by Gasteiger charge is -2.12. The number of allylic oxidation sites excluding steroid dienone is 1.